The number of rotatable bonds is 5. The number of carboxylic acids is 1. The average Bonchev–Trinajstić information content (AvgIpc) is 3.02. The summed E-state index contributed by atoms with van der Waals surface area (Å²) < 4.78 is 5.47. The largest absolute Gasteiger partial charge is 0.497 e. The molecule has 0 spiro atoms. The SMILES string of the molecule is C=CO[C@@H]1CCN(Cc2sc3c(c2C(=O)O)CC(C)(C)CC3)C1. The molecule has 1 aliphatic carbocycles. The van der Waals surface area contributed by atoms with Crippen molar-refractivity contribution in [2.45, 2.75) is 52.2 Å². The fourth-order valence-electron chi connectivity index (χ4n) is 3.73. The Morgan fingerprint density at radius 1 is 1.57 bits per heavy atom. The first kappa shape index (κ1) is 16.5. The second-order valence-electron chi connectivity index (χ2n) is 7.40. The summed E-state index contributed by atoms with van der Waals surface area (Å²) in [5.74, 6) is -0.770. The van der Waals surface area contributed by atoms with Gasteiger partial charge in [0.25, 0.3) is 0 Å². The van der Waals surface area contributed by atoms with E-state index in [9.17, 15) is 9.90 Å². The third kappa shape index (κ3) is 3.45. The first-order valence-electron chi connectivity index (χ1n) is 8.25. The molecule has 2 heterocycles. The molecule has 1 saturated heterocycles. The lowest BCUT2D eigenvalue weighted by Crippen LogP contribution is -2.24. The molecule has 0 amide bonds. The molecule has 2 aliphatic rings. The molecule has 0 saturated carbocycles. The molecule has 4 nitrogen and oxygen atoms in total. The Kier molecular flexibility index (Phi) is 4.52. The Morgan fingerprint density at radius 3 is 3.04 bits per heavy atom. The van der Waals surface area contributed by atoms with Gasteiger partial charge in [-0.15, -0.1) is 11.3 Å². The summed E-state index contributed by atoms with van der Waals surface area (Å²) in [6, 6.07) is 0. The number of nitrogens with zero attached hydrogens (tertiary/aromatic N) is 1. The van der Waals surface area contributed by atoms with Crippen LogP contribution in [0.3, 0.4) is 0 Å². The quantitative estimate of drug-likeness (QED) is 0.834. The molecule has 1 aromatic heterocycles. The third-order valence-corrected chi connectivity index (χ3v) is 6.22. The van der Waals surface area contributed by atoms with Crippen molar-refractivity contribution in [2.75, 3.05) is 13.1 Å². The highest BCUT2D eigenvalue weighted by Crippen LogP contribution is 2.42. The molecule has 126 valence electrons. The minimum atomic E-state index is -0.770. The number of carbonyl (C=O) groups is 1. The van der Waals surface area contributed by atoms with Crippen LogP contribution in [-0.4, -0.2) is 35.2 Å². The third-order valence-electron chi connectivity index (χ3n) is 4.95. The van der Waals surface area contributed by atoms with Crippen molar-refractivity contribution in [3.8, 4) is 0 Å². The number of ether oxygens (including phenoxy) is 1. The van der Waals surface area contributed by atoms with Gasteiger partial charge in [0, 0.05) is 29.4 Å². The predicted molar refractivity (Wildman–Crippen MR) is 92.0 cm³/mol. The summed E-state index contributed by atoms with van der Waals surface area (Å²) in [6.07, 6.45) is 5.69. The summed E-state index contributed by atoms with van der Waals surface area (Å²) in [7, 11) is 0. The lowest BCUT2D eigenvalue weighted by molar-refractivity contribution is 0.0693. The number of likely N-dealkylation sites (tertiary alicyclic amines) is 1. The summed E-state index contributed by atoms with van der Waals surface area (Å²) in [6.45, 7) is 10.6. The highest BCUT2D eigenvalue weighted by atomic mass is 32.1. The Balaban J connectivity index is 1.82. The van der Waals surface area contributed by atoms with Gasteiger partial charge in [0.05, 0.1) is 11.8 Å². The van der Waals surface area contributed by atoms with Crippen LogP contribution in [0.25, 0.3) is 0 Å². The van der Waals surface area contributed by atoms with Gasteiger partial charge in [-0.3, -0.25) is 4.90 Å². The van der Waals surface area contributed by atoms with Gasteiger partial charge in [0.1, 0.15) is 6.10 Å². The highest BCUT2D eigenvalue weighted by Gasteiger charge is 2.33. The molecule has 1 aromatic rings. The lowest BCUT2D eigenvalue weighted by atomic mass is 9.76. The molecular weight excluding hydrogens is 310 g/mol. The summed E-state index contributed by atoms with van der Waals surface area (Å²) in [4.78, 5) is 16.5. The normalized spacial score (nSPS) is 23.5. The molecular formula is C18H25NO3S. The van der Waals surface area contributed by atoms with E-state index in [1.165, 1.54) is 11.1 Å². The van der Waals surface area contributed by atoms with Gasteiger partial charge in [-0.2, -0.15) is 0 Å². The van der Waals surface area contributed by atoms with E-state index in [-0.39, 0.29) is 11.5 Å². The maximum Gasteiger partial charge on any atom is 0.337 e. The van der Waals surface area contributed by atoms with E-state index >= 15 is 0 Å². The van der Waals surface area contributed by atoms with Gasteiger partial charge in [0.15, 0.2) is 0 Å². The van der Waals surface area contributed by atoms with Crippen molar-refractivity contribution in [3.63, 3.8) is 0 Å². The van der Waals surface area contributed by atoms with Gasteiger partial charge in [-0.25, -0.2) is 4.79 Å². The van der Waals surface area contributed by atoms with E-state index < -0.39 is 5.97 Å². The maximum absolute atomic E-state index is 11.9. The summed E-state index contributed by atoms with van der Waals surface area (Å²) in [5.41, 5.74) is 1.87. The fraction of sp³-hybridized carbons (Fsp3) is 0.611. The minimum Gasteiger partial charge on any atom is -0.497 e. The Labute approximate surface area is 141 Å². The van der Waals surface area contributed by atoms with Gasteiger partial charge < -0.3 is 9.84 Å². The highest BCUT2D eigenvalue weighted by molar-refractivity contribution is 7.12. The monoisotopic (exact) mass is 335 g/mol. The van der Waals surface area contributed by atoms with E-state index in [1.54, 1.807) is 11.3 Å². The molecule has 1 atom stereocenters. The van der Waals surface area contributed by atoms with Gasteiger partial charge in [-0.1, -0.05) is 20.4 Å². The van der Waals surface area contributed by atoms with Crippen LogP contribution in [0.1, 0.15) is 52.4 Å². The van der Waals surface area contributed by atoms with Crippen LogP contribution in [0.15, 0.2) is 12.8 Å². The number of carboxylic acid groups (broad SMARTS) is 1. The van der Waals surface area contributed by atoms with E-state index in [2.05, 4.69) is 25.3 Å². The molecule has 0 unspecified atom stereocenters. The fourth-order valence-corrected chi connectivity index (χ4v) is 5.09. The second kappa shape index (κ2) is 6.29. The van der Waals surface area contributed by atoms with Crippen molar-refractivity contribution in [1.29, 1.82) is 0 Å². The topological polar surface area (TPSA) is 49.8 Å². The molecule has 0 aromatic carbocycles. The maximum atomic E-state index is 11.9. The van der Waals surface area contributed by atoms with E-state index in [0.717, 1.165) is 55.8 Å². The smallest absolute Gasteiger partial charge is 0.337 e. The predicted octanol–water partition coefficient (Wildman–Crippen LogP) is 3.70. The summed E-state index contributed by atoms with van der Waals surface area (Å²) >= 11 is 1.71. The molecule has 1 fully saturated rings. The first-order chi connectivity index (χ1) is 10.9. The van der Waals surface area contributed by atoms with Crippen LogP contribution >= 0.6 is 11.3 Å². The van der Waals surface area contributed by atoms with Gasteiger partial charge in [-0.05, 0) is 36.7 Å². The molecule has 0 bridgehead atoms. The van der Waals surface area contributed by atoms with Crippen LogP contribution < -0.4 is 0 Å². The molecule has 5 heteroatoms. The van der Waals surface area contributed by atoms with Crippen LogP contribution in [-0.2, 0) is 24.1 Å². The Bertz CT molecular complexity index is 620. The molecule has 23 heavy (non-hydrogen) atoms. The molecule has 0 radical (unpaired) electrons. The lowest BCUT2D eigenvalue weighted by Gasteiger charge is -2.29. The second-order valence-corrected chi connectivity index (χ2v) is 8.59. The van der Waals surface area contributed by atoms with E-state index in [0.29, 0.717) is 5.56 Å². The van der Waals surface area contributed by atoms with Crippen molar-refractivity contribution in [1.82, 2.24) is 4.90 Å². The Hall–Kier alpha value is -1.33. The zero-order valence-electron chi connectivity index (χ0n) is 13.9. The van der Waals surface area contributed by atoms with Crippen molar-refractivity contribution in [3.05, 3.63) is 33.7 Å². The van der Waals surface area contributed by atoms with Crippen LogP contribution in [0, 0.1) is 5.41 Å². The molecule has 1 N–H and O–H groups in total. The number of hydrogen-bond acceptors (Lipinski definition) is 4. The number of aryl methyl sites for hydroxylation is 1. The van der Waals surface area contributed by atoms with E-state index in [1.807, 2.05) is 0 Å². The zero-order valence-corrected chi connectivity index (χ0v) is 14.7. The number of thiophene rings is 1. The molecule has 1 aliphatic heterocycles. The van der Waals surface area contributed by atoms with Gasteiger partial charge in [0.2, 0.25) is 0 Å². The van der Waals surface area contributed by atoms with Crippen LogP contribution in [0.4, 0.5) is 0 Å². The average molecular weight is 335 g/mol. The first-order valence-corrected chi connectivity index (χ1v) is 9.07. The number of aromatic carboxylic acids is 1. The van der Waals surface area contributed by atoms with Crippen molar-refractivity contribution < 1.29 is 14.6 Å². The number of fused-ring (bicyclic) bond motifs is 1. The number of hydrogen-bond donors (Lipinski definition) is 1. The standard InChI is InChI=1S/C18H25NO3S/c1-4-22-12-6-8-19(10-12)11-15-16(17(20)21)13-9-18(2,3)7-5-14(13)23-15/h4,12H,1,5-11H2,2-3H3,(H,20,21)/t12-/m1/s1. The zero-order chi connectivity index (χ0) is 16.6. The minimum absolute atomic E-state index is 0.189. The van der Waals surface area contributed by atoms with Crippen molar-refractivity contribution >= 4 is 17.3 Å². The summed E-state index contributed by atoms with van der Waals surface area (Å²) in [5, 5.41) is 9.74. The van der Waals surface area contributed by atoms with Gasteiger partial charge >= 0.3 is 5.97 Å². The Morgan fingerprint density at radius 2 is 2.35 bits per heavy atom. The van der Waals surface area contributed by atoms with Crippen molar-refractivity contribution in [2.24, 2.45) is 5.41 Å². The van der Waals surface area contributed by atoms with Crippen LogP contribution in [0.5, 0.6) is 0 Å². The van der Waals surface area contributed by atoms with Crippen LogP contribution in [0.2, 0.25) is 0 Å². The van der Waals surface area contributed by atoms with E-state index in [4.69, 9.17) is 4.74 Å². The molecule has 3 rings (SSSR count).